The molecule has 2 fully saturated rings. The summed E-state index contributed by atoms with van der Waals surface area (Å²) in [4.78, 5) is 0. The number of hydrogen-bond acceptors (Lipinski definition) is 3. The molecule has 110 valence electrons. The van der Waals surface area contributed by atoms with Crippen LogP contribution in [0.25, 0.3) is 0 Å². The monoisotopic (exact) mass is 285 g/mol. The number of quaternary nitrogens is 1. The number of nitrogens with one attached hydrogen (secondary N) is 1. The standard InChI is InChI=1S/C17H20N2O2/c18-19-9-16-5-1-2-6-17(8-16)13-10(7-11(19)15(16)17)3-4-12(20)14(13)21/h1,3-5,11,15,20-21H,2,6-9,18H2/p+1/t11-,15-,16-,17+/m1/s1. The van der Waals surface area contributed by atoms with Crippen molar-refractivity contribution in [2.24, 2.45) is 17.2 Å². The van der Waals surface area contributed by atoms with Gasteiger partial charge >= 0.3 is 0 Å². The van der Waals surface area contributed by atoms with Crippen molar-refractivity contribution in [2.75, 3.05) is 6.54 Å². The van der Waals surface area contributed by atoms with E-state index >= 15 is 0 Å². The number of allylic oxidation sites excluding steroid dienone is 1. The van der Waals surface area contributed by atoms with E-state index in [2.05, 4.69) is 12.2 Å². The van der Waals surface area contributed by atoms with E-state index in [0.29, 0.717) is 12.0 Å². The Morgan fingerprint density at radius 1 is 1.29 bits per heavy atom. The van der Waals surface area contributed by atoms with E-state index in [-0.39, 0.29) is 22.3 Å². The molecule has 3 aliphatic carbocycles. The molecular formula is C17H21N2O2+. The fraction of sp³-hybridized carbons (Fsp3) is 0.529. The minimum atomic E-state index is 0.0195. The van der Waals surface area contributed by atoms with E-state index in [9.17, 15) is 10.2 Å². The van der Waals surface area contributed by atoms with Gasteiger partial charge in [-0.2, -0.15) is 5.84 Å². The summed E-state index contributed by atoms with van der Waals surface area (Å²) in [5, 5.41) is 21.6. The zero-order valence-corrected chi connectivity index (χ0v) is 12.0. The number of phenols is 2. The normalized spacial score (nSPS) is 45.5. The lowest BCUT2D eigenvalue weighted by Gasteiger charge is -2.60. The van der Waals surface area contributed by atoms with Crippen LogP contribution in [0, 0.1) is 11.3 Å². The van der Waals surface area contributed by atoms with Crippen LogP contribution in [0.4, 0.5) is 0 Å². The average molecular weight is 285 g/mol. The molecule has 5 rings (SSSR count). The summed E-state index contributed by atoms with van der Waals surface area (Å²) >= 11 is 0. The Bertz CT molecular complexity index is 686. The van der Waals surface area contributed by atoms with Crippen LogP contribution in [0.5, 0.6) is 11.5 Å². The Hall–Kier alpha value is -1.52. The van der Waals surface area contributed by atoms with Crippen molar-refractivity contribution in [3.63, 3.8) is 0 Å². The molecule has 2 bridgehead atoms. The first-order valence-electron chi connectivity index (χ1n) is 7.91. The predicted molar refractivity (Wildman–Crippen MR) is 77.9 cm³/mol. The lowest BCUT2D eigenvalue weighted by atomic mass is 9.40. The van der Waals surface area contributed by atoms with Gasteiger partial charge in [-0.3, -0.25) is 5.01 Å². The molecular weight excluding hydrogens is 264 g/mol. The molecule has 5 atom stereocenters. The minimum Gasteiger partial charge on any atom is -0.504 e. The van der Waals surface area contributed by atoms with Crippen LogP contribution in [-0.2, 0) is 11.8 Å². The Balaban J connectivity index is 1.79. The maximum absolute atomic E-state index is 10.5. The van der Waals surface area contributed by atoms with Crippen LogP contribution in [0.15, 0.2) is 24.3 Å². The summed E-state index contributed by atoms with van der Waals surface area (Å²) in [5.41, 5.74) is 2.46. The van der Waals surface area contributed by atoms with Crippen molar-refractivity contribution in [1.82, 2.24) is 0 Å². The molecule has 5 N–H and O–H groups in total. The third kappa shape index (κ3) is 1.17. The molecule has 1 saturated carbocycles. The van der Waals surface area contributed by atoms with Gasteiger partial charge in [-0.1, -0.05) is 18.2 Å². The van der Waals surface area contributed by atoms with Gasteiger partial charge < -0.3 is 10.2 Å². The van der Waals surface area contributed by atoms with Gasteiger partial charge in [-0.15, -0.1) is 0 Å². The first-order valence-corrected chi connectivity index (χ1v) is 7.91. The number of hydrogen-bond donors (Lipinski definition) is 4. The van der Waals surface area contributed by atoms with Crippen molar-refractivity contribution in [3.05, 3.63) is 35.4 Å². The maximum Gasteiger partial charge on any atom is 0.161 e. The summed E-state index contributed by atoms with van der Waals surface area (Å²) in [7, 11) is 0. The van der Waals surface area contributed by atoms with E-state index in [1.165, 1.54) is 5.56 Å². The Morgan fingerprint density at radius 2 is 2.14 bits per heavy atom. The SMILES string of the molecule is N[NH+]1C[C@@]23C=CCC[C@]4(C2)c2c(ccc(O)c2O)C[C@@H]1[C@H]34. The average Bonchev–Trinajstić information content (AvgIpc) is 2.59. The molecule has 4 aliphatic rings. The van der Waals surface area contributed by atoms with Gasteiger partial charge in [-0.25, -0.2) is 0 Å². The maximum atomic E-state index is 10.5. The number of aromatic hydroxyl groups is 2. The highest BCUT2D eigenvalue weighted by Gasteiger charge is 2.74. The van der Waals surface area contributed by atoms with Crippen molar-refractivity contribution in [3.8, 4) is 11.5 Å². The molecule has 1 aromatic rings. The van der Waals surface area contributed by atoms with Crippen molar-refractivity contribution in [2.45, 2.75) is 37.1 Å². The summed E-state index contributed by atoms with van der Waals surface area (Å²) in [5.74, 6) is 7.06. The molecule has 1 aliphatic heterocycles. The quantitative estimate of drug-likeness (QED) is 0.317. The lowest BCUT2D eigenvalue weighted by molar-refractivity contribution is -0.928. The van der Waals surface area contributed by atoms with Gasteiger partial charge in [-0.05, 0) is 30.9 Å². The molecule has 1 saturated heterocycles. The third-order valence-corrected chi connectivity index (χ3v) is 6.66. The lowest BCUT2D eigenvalue weighted by Crippen LogP contribution is -3.20. The van der Waals surface area contributed by atoms with Crippen LogP contribution >= 0.6 is 0 Å². The van der Waals surface area contributed by atoms with Crippen LogP contribution in [0.2, 0.25) is 0 Å². The molecule has 1 unspecified atom stereocenters. The molecule has 1 aromatic carbocycles. The Kier molecular flexibility index (Phi) is 1.98. The van der Waals surface area contributed by atoms with E-state index in [0.717, 1.165) is 42.8 Å². The zero-order chi connectivity index (χ0) is 14.4. The third-order valence-electron chi connectivity index (χ3n) is 6.66. The second kappa shape index (κ2) is 3.45. The second-order valence-electron chi connectivity index (χ2n) is 7.51. The predicted octanol–water partition coefficient (Wildman–Crippen LogP) is 0.389. The van der Waals surface area contributed by atoms with Gasteiger partial charge in [0.05, 0.1) is 0 Å². The summed E-state index contributed by atoms with van der Waals surface area (Å²) in [6.45, 7) is 1.00. The second-order valence-corrected chi connectivity index (χ2v) is 7.51. The largest absolute Gasteiger partial charge is 0.504 e. The molecule has 21 heavy (non-hydrogen) atoms. The fourth-order valence-electron chi connectivity index (χ4n) is 6.24. The van der Waals surface area contributed by atoms with Crippen LogP contribution in [0.3, 0.4) is 0 Å². The Labute approximate surface area is 123 Å². The van der Waals surface area contributed by atoms with E-state index in [1.807, 2.05) is 6.07 Å². The van der Waals surface area contributed by atoms with Crippen molar-refractivity contribution < 1.29 is 15.2 Å². The molecule has 2 spiro atoms. The fourth-order valence-corrected chi connectivity index (χ4v) is 6.24. The van der Waals surface area contributed by atoms with Gasteiger partial charge in [0.15, 0.2) is 11.5 Å². The summed E-state index contributed by atoms with van der Waals surface area (Å²) < 4.78 is 0. The molecule has 0 aromatic heterocycles. The first kappa shape index (κ1) is 12.1. The molecule has 0 radical (unpaired) electrons. The summed E-state index contributed by atoms with van der Waals surface area (Å²) in [6, 6.07) is 4.05. The number of benzene rings is 1. The van der Waals surface area contributed by atoms with Crippen molar-refractivity contribution >= 4 is 0 Å². The topological polar surface area (TPSA) is 70.9 Å². The number of phenolic OH excluding ortho intramolecular Hbond substituents is 2. The molecule has 4 heteroatoms. The first-order chi connectivity index (χ1) is 10.1. The number of rotatable bonds is 0. The van der Waals surface area contributed by atoms with E-state index in [4.69, 9.17) is 5.84 Å². The van der Waals surface area contributed by atoms with Crippen molar-refractivity contribution in [1.29, 1.82) is 0 Å². The van der Waals surface area contributed by atoms with Gasteiger partial charge in [0.2, 0.25) is 0 Å². The van der Waals surface area contributed by atoms with E-state index in [1.54, 1.807) is 6.07 Å². The van der Waals surface area contributed by atoms with Crippen LogP contribution < -0.4 is 10.9 Å². The number of nitrogens with two attached hydrogens (primary N) is 1. The molecule has 0 amide bonds. The highest BCUT2D eigenvalue weighted by atomic mass is 16.3. The van der Waals surface area contributed by atoms with Gasteiger partial charge in [0.25, 0.3) is 0 Å². The molecule has 1 heterocycles. The van der Waals surface area contributed by atoms with Gasteiger partial charge in [0.1, 0.15) is 12.6 Å². The summed E-state index contributed by atoms with van der Waals surface area (Å²) in [6.07, 6.45) is 8.81. The van der Waals surface area contributed by atoms with Gasteiger partial charge in [0, 0.05) is 28.7 Å². The highest BCUT2D eigenvalue weighted by Crippen LogP contribution is 2.70. The zero-order valence-electron chi connectivity index (χ0n) is 12.0. The van der Waals surface area contributed by atoms with Crippen LogP contribution in [0.1, 0.15) is 30.4 Å². The van der Waals surface area contributed by atoms with E-state index < -0.39 is 0 Å². The smallest absolute Gasteiger partial charge is 0.161 e. The number of fused-ring (bicyclic) bond motifs is 1. The van der Waals surface area contributed by atoms with Crippen LogP contribution in [-0.4, -0.2) is 22.8 Å². The minimum absolute atomic E-state index is 0.0195. The molecule has 4 nitrogen and oxygen atoms in total. The highest BCUT2D eigenvalue weighted by molar-refractivity contribution is 5.58. The Morgan fingerprint density at radius 3 is 3.00 bits per heavy atom.